The van der Waals surface area contributed by atoms with E-state index in [1.807, 2.05) is 18.2 Å². The highest BCUT2D eigenvalue weighted by Gasteiger charge is 2.10. The molecule has 94 valence electrons. The number of hydrogen-bond acceptors (Lipinski definition) is 2. The highest BCUT2D eigenvalue weighted by Crippen LogP contribution is 2.22. The summed E-state index contributed by atoms with van der Waals surface area (Å²) in [4.78, 5) is 0. The molecule has 1 atom stereocenters. The molecule has 2 aromatic carbocycles. The van der Waals surface area contributed by atoms with Crippen molar-refractivity contribution in [2.75, 3.05) is 6.61 Å². The first-order valence-electron chi connectivity index (χ1n) is 5.55. The third-order valence-corrected chi connectivity index (χ3v) is 2.87. The van der Waals surface area contributed by atoms with E-state index in [1.54, 1.807) is 18.2 Å². The van der Waals surface area contributed by atoms with Crippen molar-refractivity contribution in [3.05, 3.63) is 64.9 Å². The molecule has 0 saturated heterocycles. The minimum absolute atomic E-state index is 0.243. The number of ether oxygens (including phenoxy) is 1. The van der Waals surface area contributed by atoms with Crippen molar-refractivity contribution in [2.45, 2.75) is 6.04 Å². The van der Waals surface area contributed by atoms with Crippen LogP contribution in [0.15, 0.2) is 48.5 Å². The molecule has 0 aliphatic carbocycles. The van der Waals surface area contributed by atoms with Gasteiger partial charge < -0.3 is 10.5 Å². The lowest BCUT2D eigenvalue weighted by Crippen LogP contribution is -2.19. The number of halogens is 2. The van der Waals surface area contributed by atoms with Gasteiger partial charge in [-0.05, 0) is 23.8 Å². The first kappa shape index (κ1) is 12.9. The van der Waals surface area contributed by atoms with Crippen LogP contribution in [-0.2, 0) is 0 Å². The van der Waals surface area contributed by atoms with Crippen LogP contribution >= 0.6 is 11.6 Å². The van der Waals surface area contributed by atoms with Crippen LogP contribution < -0.4 is 10.5 Å². The Balaban J connectivity index is 2.00. The van der Waals surface area contributed by atoms with E-state index in [0.29, 0.717) is 10.8 Å². The van der Waals surface area contributed by atoms with Crippen LogP contribution in [0.2, 0.25) is 5.02 Å². The zero-order chi connectivity index (χ0) is 13.0. The van der Waals surface area contributed by atoms with Crippen molar-refractivity contribution >= 4 is 11.6 Å². The predicted octanol–water partition coefficient (Wildman–Crippen LogP) is 3.56. The van der Waals surface area contributed by atoms with Gasteiger partial charge in [0.05, 0.1) is 6.04 Å². The molecule has 0 amide bonds. The largest absolute Gasteiger partial charge is 0.492 e. The van der Waals surface area contributed by atoms with E-state index in [2.05, 4.69) is 0 Å². The lowest BCUT2D eigenvalue weighted by atomic mass is 10.1. The van der Waals surface area contributed by atoms with Crippen LogP contribution in [-0.4, -0.2) is 6.61 Å². The molecular formula is C14H13ClFNO. The van der Waals surface area contributed by atoms with Gasteiger partial charge in [-0.15, -0.1) is 0 Å². The minimum Gasteiger partial charge on any atom is -0.492 e. The molecule has 4 heteroatoms. The minimum atomic E-state index is -0.345. The summed E-state index contributed by atoms with van der Waals surface area (Å²) in [6.45, 7) is 0.243. The topological polar surface area (TPSA) is 35.2 Å². The fourth-order valence-electron chi connectivity index (χ4n) is 1.61. The van der Waals surface area contributed by atoms with E-state index in [-0.39, 0.29) is 18.5 Å². The second-order valence-electron chi connectivity index (χ2n) is 3.90. The van der Waals surface area contributed by atoms with E-state index in [9.17, 15) is 4.39 Å². The van der Waals surface area contributed by atoms with E-state index >= 15 is 0 Å². The van der Waals surface area contributed by atoms with Crippen molar-refractivity contribution in [3.63, 3.8) is 0 Å². The van der Waals surface area contributed by atoms with Crippen LogP contribution in [0.25, 0.3) is 0 Å². The van der Waals surface area contributed by atoms with Crippen molar-refractivity contribution in [3.8, 4) is 5.75 Å². The van der Waals surface area contributed by atoms with Crippen molar-refractivity contribution < 1.29 is 9.13 Å². The Morgan fingerprint density at radius 2 is 1.94 bits per heavy atom. The highest BCUT2D eigenvalue weighted by atomic mass is 35.5. The molecule has 0 radical (unpaired) electrons. The molecule has 0 aromatic heterocycles. The maximum atomic E-state index is 12.9. The Morgan fingerprint density at radius 1 is 1.17 bits per heavy atom. The molecule has 0 aliphatic heterocycles. The average molecular weight is 266 g/mol. The summed E-state index contributed by atoms with van der Waals surface area (Å²) in [6.07, 6.45) is 0. The molecule has 2 N–H and O–H groups in total. The Kier molecular flexibility index (Phi) is 4.18. The summed E-state index contributed by atoms with van der Waals surface area (Å²) in [5, 5.41) is 0.604. The van der Waals surface area contributed by atoms with Gasteiger partial charge in [-0.1, -0.05) is 35.9 Å². The van der Waals surface area contributed by atoms with Crippen LogP contribution in [0.5, 0.6) is 5.75 Å². The first-order valence-corrected chi connectivity index (χ1v) is 5.93. The van der Waals surface area contributed by atoms with Crippen molar-refractivity contribution in [1.29, 1.82) is 0 Å². The number of nitrogens with two attached hydrogens (primary N) is 1. The number of benzene rings is 2. The van der Waals surface area contributed by atoms with Gasteiger partial charge in [0, 0.05) is 11.1 Å². The normalized spacial score (nSPS) is 12.2. The summed E-state index contributed by atoms with van der Waals surface area (Å²) in [7, 11) is 0. The molecule has 0 spiro atoms. The summed E-state index contributed by atoms with van der Waals surface area (Å²) in [5.74, 6) is 0.122. The summed E-state index contributed by atoms with van der Waals surface area (Å²) in [5.41, 5.74) is 6.79. The summed E-state index contributed by atoms with van der Waals surface area (Å²) < 4.78 is 18.4. The second-order valence-corrected chi connectivity index (χ2v) is 4.30. The highest BCUT2D eigenvalue weighted by molar-refractivity contribution is 6.31. The van der Waals surface area contributed by atoms with Crippen LogP contribution in [0.1, 0.15) is 11.6 Å². The average Bonchev–Trinajstić information content (AvgIpc) is 2.37. The van der Waals surface area contributed by atoms with Crippen LogP contribution in [0, 0.1) is 5.82 Å². The zero-order valence-corrected chi connectivity index (χ0v) is 10.4. The lowest BCUT2D eigenvalue weighted by molar-refractivity contribution is 0.289. The third-order valence-electron chi connectivity index (χ3n) is 2.53. The molecule has 0 saturated carbocycles. The van der Waals surface area contributed by atoms with Gasteiger partial charge in [0.15, 0.2) is 0 Å². The maximum absolute atomic E-state index is 12.9. The van der Waals surface area contributed by atoms with Crippen LogP contribution in [0.4, 0.5) is 4.39 Å². The monoisotopic (exact) mass is 265 g/mol. The Hall–Kier alpha value is -1.58. The van der Waals surface area contributed by atoms with Crippen molar-refractivity contribution in [1.82, 2.24) is 0 Å². The number of rotatable bonds is 4. The zero-order valence-electron chi connectivity index (χ0n) is 9.64. The molecule has 2 nitrogen and oxygen atoms in total. The molecule has 0 heterocycles. The molecule has 1 unspecified atom stereocenters. The van der Waals surface area contributed by atoms with Gasteiger partial charge in [-0.25, -0.2) is 4.39 Å². The van der Waals surface area contributed by atoms with Gasteiger partial charge >= 0.3 is 0 Å². The van der Waals surface area contributed by atoms with Gasteiger partial charge in [0.1, 0.15) is 18.2 Å². The van der Waals surface area contributed by atoms with Crippen molar-refractivity contribution in [2.24, 2.45) is 5.73 Å². The van der Waals surface area contributed by atoms with Gasteiger partial charge in [-0.3, -0.25) is 0 Å². The standard InChI is InChI=1S/C14H13ClFNO/c15-13-7-2-1-6-12(13)14(17)9-18-11-5-3-4-10(16)8-11/h1-8,14H,9,17H2. The molecule has 0 fully saturated rings. The molecular weight excluding hydrogens is 253 g/mol. The molecule has 2 rings (SSSR count). The van der Waals surface area contributed by atoms with E-state index < -0.39 is 0 Å². The smallest absolute Gasteiger partial charge is 0.126 e. The summed E-state index contributed by atoms with van der Waals surface area (Å²) in [6, 6.07) is 12.9. The van der Waals surface area contributed by atoms with Gasteiger partial charge in [0.25, 0.3) is 0 Å². The second kappa shape index (κ2) is 5.85. The molecule has 0 aliphatic rings. The van der Waals surface area contributed by atoms with Gasteiger partial charge in [0.2, 0.25) is 0 Å². The molecule has 18 heavy (non-hydrogen) atoms. The van der Waals surface area contributed by atoms with Gasteiger partial charge in [-0.2, -0.15) is 0 Å². The SMILES string of the molecule is NC(COc1cccc(F)c1)c1ccccc1Cl. The summed E-state index contributed by atoms with van der Waals surface area (Å²) >= 11 is 6.03. The Bertz CT molecular complexity index is 533. The Morgan fingerprint density at radius 3 is 2.67 bits per heavy atom. The Labute approximate surface area is 110 Å². The number of hydrogen-bond donors (Lipinski definition) is 1. The molecule has 2 aromatic rings. The quantitative estimate of drug-likeness (QED) is 0.917. The lowest BCUT2D eigenvalue weighted by Gasteiger charge is -2.14. The van der Waals surface area contributed by atoms with E-state index in [1.165, 1.54) is 12.1 Å². The van der Waals surface area contributed by atoms with E-state index in [4.69, 9.17) is 22.1 Å². The fraction of sp³-hybridized carbons (Fsp3) is 0.143. The van der Waals surface area contributed by atoms with Crippen LogP contribution in [0.3, 0.4) is 0 Å². The molecule has 0 bridgehead atoms. The van der Waals surface area contributed by atoms with E-state index in [0.717, 1.165) is 5.56 Å². The first-order chi connectivity index (χ1) is 8.66. The third kappa shape index (κ3) is 3.22. The predicted molar refractivity (Wildman–Crippen MR) is 70.3 cm³/mol. The maximum Gasteiger partial charge on any atom is 0.126 e. The fourth-order valence-corrected chi connectivity index (χ4v) is 1.88.